The third kappa shape index (κ3) is 3.36. The average Bonchev–Trinajstić information content (AvgIpc) is 2.60. The smallest absolute Gasteiger partial charge is 0.463 e. The molecule has 0 saturated heterocycles. The lowest BCUT2D eigenvalue weighted by molar-refractivity contribution is 0.369. The normalized spacial score (nSPS) is 11.0. The zero-order valence-electron chi connectivity index (χ0n) is 12.6. The molecular formula is C18H15O5P. The maximum absolute atomic E-state index is 13.4. The van der Waals surface area contributed by atoms with Gasteiger partial charge in [0.1, 0.15) is 0 Å². The summed E-state index contributed by atoms with van der Waals surface area (Å²) < 4.78 is 24.5. The lowest BCUT2D eigenvalue weighted by Crippen LogP contribution is -2.14. The molecule has 0 saturated carbocycles. The number of hydrogen-bond donors (Lipinski definition) is 2. The second-order valence-corrected chi connectivity index (χ2v) is 6.83. The topological polar surface area (TPSA) is 76.0 Å². The van der Waals surface area contributed by atoms with Gasteiger partial charge in [-0.05, 0) is 36.4 Å². The molecule has 0 amide bonds. The van der Waals surface area contributed by atoms with Crippen molar-refractivity contribution in [3.8, 4) is 23.0 Å². The van der Waals surface area contributed by atoms with Gasteiger partial charge >= 0.3 is 7.60 Å². The van der Waals surface area contributed by atoms with Crippen LogP contribution in [-0.2, 0) is 4.57 Å². The van der Waals surface area contributed by atoms with E-state index in [0.29, 0.717) is 5.30 Å². The Hall–Kier alpha value is -2.91. The van der Waals surface area contributed by atoms with Gasteiger partial charge in [0.15, 0.2) is 23.0 Å². The largest absolute Gasteiger partial charge is 0.504 e. The molecule has 5 nitrogen and oxygen atoms in total. The van der Waals surface area contributed by atoms with Crippen LogP contribution in [0.15, 0.2) is 78.9 Å². The van der Waals surface area contributed by atoms with Gasteiger partial charge in [0.2, 0.25) is 0 Å². The molecule has 2 N–H and O–H groups in total. The molecule has 0 spiro atoms. The van der Waals surface area contributed by atoms with Gasteiger partial charge in [-0.15, -0.1) is 0 Å². The quantitative estimate of drug-likeness (QED) is 0.684. The molecule has 3 aromatic carbocycles. The van der Waals surface area contributed by atoms with E-state index in [1.807, 2.05) is 0 Å². The fourth-order valence-corrected chi connectivity index (χ4v) is 3.67. The third-order valence-electron chi connectivity index (χ3n) is 3.24. The summed E-state index contributed by atoms with van der Waals surface area (Å²) in [7, 11) is -3.89. The van der Waals surface area contributed by atoms with Gasteiger partial charge in [-0.1, -0.05) is 42.5 Å². The minimum Gasteiger partial charge on any atom is -0.504 e. The summed E-state index contributed by atoms with van der Waals surface area (Å²) in [4.78, 5) is 0. The fraction of sp³-hybridized carbons (Fsp3) is 0. The van der Waals surface area contributed by atoms with E-state index in [-0.39, 0.29) is 23.0 Å². The van der Waals surface area contributed by atoms with E-state index in [9.17, 15) is 14.8 Å². The number of phenolic OH excluding ortho intramolecular Hbond substituents is 2. The van der Waals surface area contributed by atoms with Gasteiger partial charge in [-0.2, -0.15) is 0 Å². The van der Waals surface area contributed by atoms with Crippen LogP contribution in [0.2, 0.25) is 0 Å². The minimum atomic E-state index is -3.89. The molecule has 0 heterocycles. The number of hydrogen-bond acceptors (Lipinski definition) is 5. The molecule has 3 rings (SSSR count). The molecule has 0 fully saturated rings. The molecule has 0 radical (unpaired) electrons. The number of rotatable bonds is 5. The summed E-state index contributed by atoms with van der Waals surface area (Å²) in [5.74, 6) is -0.260. The fourth-order valence-electron chi connectivity index (χ4n) is 2.06. The highest BCUT2D eigenvalue weighted by atomic mass is 31.2. The first-order chi connectivity index (χ1) is 11.6. The Morgan fingerprint density at radius 1 is 0.625 bits per heavy atom. The van der Waals surface area contributed by atoms with Crippen LogP contribution in [0.1, 0.15) is 0 Å². The van der Waals surface area contributed by atoms with Gasteiger partial charge < -0.3 is 19.3 Å². The highest BCUT2D eigenvalue weighted by Gasteiger charge is 2.32. The average molecular weight is 342 g/mol. The van der Waals surface area contributed by atoms with Crippen LogP contribution in [0.5, 0.6) is 23.0 Å². The Morgan fingerprint density at radius 2 is 1.04 bits per heavy atom. The van der Waals surface area contributed by atoms with Crippen LogP contribution >= 0.6 is 7.60 Å². The molecule has 0 aliphatic carbocycles. The van der Waals surface area contributed by atoms with Crippen molar-refractivity contribution in [3.05, 3.63) is 78.9 Å². The molecule has 0 atom stereocenters. The Bertz CT molecular complexity index is 828. The van der Waals surface area contributed by atoms with E-state index in [1.54, 1.807) is 54.6 Å². The highest BCUT2D eigenvalue weighted by molar-refractivity contribution is 7.63. The van der Waals surface area contributed by atoms with Crippen LogP contribution in [0.25, 0.3) is 0 Å². The van der Waals surface area contributed by atoms with Crippen LogP contribution < -0.4 is 14.4 Å². The van der Waals surface area contributed by atoms with Crippen molar-refractivity contribution in [2.45, 2.75) is 0 Å². The number of aromatic hydroxyl groups is 2. The molecular weight excluding hydrogens is 327 g/mol. The van der Waals surface area contributed by atoms with Crippen molar-refractivity contribution >= 4 is 12.9 Å². The summed E-state index contributed by atoms with van der Waals surface area (Å²) in [6.07, 6.45) is 0. The zero-order valence-corrected chi connectivity index (χ0v) is 13.5. The third-order valence-corrected chi connectivity index (χ3v) is 5.04. The van der Waals surface area contributed by atoms with Gasteiger partial charge in [-0.25, -0.2) is 4.57 Å². The molecule has 6 heteroatoms. The maximum Gasteiger partial charge on any atom is 0.463 e. The lowest BCUT2D eigenvalue weighted by atomic mass is 10.3. The second kappa shape index (κ2) is 6.69. The van der Waals surface area contributed by atoms with E-state index >= 15 is 0 Å². The van der Waals surface area contributed by atoms with Crippen molar-refractivity contribution in [3.63, 3.8) is 0 Å². The molecule has 0 bridgehead atoms. The van der Waals surface area contributed by atoms with E-state index in [0.717, 1.165) is 0 Å². The van der Waals surface area contributed by atoms with Crippen LogP contribution in [-0.4, -0.2) is 10.2 Å². The Morgan fingerprint density at radius 3 is 1.50 bits per heavy atom. The van der Waals surface area contributed by atoms with Crippen LogP contribution in [0.3, 0.4) is 0 Å². The molecule has 3 aromatic rings. The molecule has 122 valence electrons. The van der Waals surface area contributed by atoms with Crippen molar-refractivity contribution < 1.29 is 23.8 Å². The summed E-state index contributed by atoms with van der Waals surface area (Å²) in [6.45, 7) is 0. The van der Waals surface area contributed by atoms with Crippen molar-refractivity contribution in [1.82, 2.24) is 0 Å². The van der Waals surface area contributed by atoms with Gasteiger partial charge in [-0.3, -0.25) is 0 Å². The van der Waals surface area contributed by atoms with Crippen molar-refractivity contribution in [2.24, 2.45) is 0 Å². The summed E-state index contributed by atoms with van der Waals surface area (Å²) in [6, 6.07) is 20.7. The van der Waals surface area contributed by atoms with E-state index in [2.05, 4.69) is 0 Å². The number of benzene rings is 3. The summed E-state index contributed by atoms with van der Waals surface area (Å²) in [5.41, 5.74) is 0. The molecule has 0 aliphatic heterocycles. The van der Waals surface area contributed by atoms with Crippen LogP contribution in [0, 0.1) is 0 Å². The predicted molar refractivity (Wildman–Crippen MR) is 91.2 cm³/mol. The molecule has 0 aliphatic rings. The SMILES string of the molecule is O=P(Oc1ccccc1O)(Oc1ccccc1O)c1ccccc1. The molecule has 0 unspecified atom stereocenters. The summed E-state index contributed by atoms with van der Waals surface area (Å²) in [5, 5.41) is 20.1. The Labute approximate surface area is 139 Å². The number of phenols is 2. The van der Waals surface area contributed by atoms with Gasteiger partial charge in [0.05, 0.1) is 5.30 Å². The van der Waals surface area contributed by atoms with Crippen molar-refractivity contribution in [1.29, 1.82) is 0 Å². The van der Waals surface area contributed by atoms with Crippen molar-refractivity contribution in [2.75, 3.05) is 0 Å². The first-order valence-corrected chi connectivity index (χ1v) is 8.73. The van der Waals surface area contributed by atoms with E-state index in [1.165, 1.54) is 24.3 Å². The van der Waals surface area contributed by atoms with E-state index in [4.69, 9.17) is 9.05 Å². The monoisotopic (exact) mass is 342 g/mol. The first kappa shape index (κ1) is 16.0. The van der Waals surface area contributed by atoms with Gasteiger partial charge in [0, 0.05) is 0 Å². The second-order valence-electron chi connectivity index (χ2n) is 4.95. The first-order valence-electron chi connectivity index (χ1n) is 7.19. The molecule has 24 heavy (non-hydrogen) atoms. The Kier molecular flexibility index (Phi) is 4.45. The predicted octanol–water partition coefficient (Wildman–Crippen LogP) is 4.07. The minimum absolute atomic E-state index is 0.0279. The lowest BCUT2D eigenvalue weighted by Gasteiger charge is -2.21. The zero-order chi connectivity index (χ0) is 17.0. The summed E-state index contributed by atoms with van der Waals surface area (Å²) >= 11 is 0. The maximum atomic E-state index is 13.4. The van der Waals surface area contributed by atoms with Gasteiger partial charge in [0.25, 0.3) is 0 Å². The van der Waals surface area contributed by atoms with E-state index < -0.39 is 7.60 Å². The van der Waals surface area contributed by atoms with Crippen LogP contribution in [0.4, 0.5) is 0 Å². The molecule has 0 aromatic heterocycles. The standard InChI is InChI=1S/C18H15O5P/c19-15-10-4-6-12-17(15)22-24(21,14-8-2-1-3-9-14)23-18-13-7-5-11-16(18)20/h1-13,19-20H. The highest BCUT2D eigenvalue weighted by Crippen LogP contribution is 2.50. The number of para-hydroxylation sites is 4. The Balaban J connectivity index is 2.03.